The van der Waals surface area contributed by atoms with Gasteiger partial charge in [-0.2, -0.15) is 11.8 Å². The van der Waals surface area contributed by atoms with Gasteiger partial charge in [0.25, 0.3) is 0 Å². The first-order valence-corrected chi connectivity index (χ1v) is 9.42. The summed E-state index contributed by atoms with van der Waals surface area (Å²) in [5.41, 5.74) is -0.148. The van der Waals surface area contributed by atoms with E-state index in [4.69, 9.17) is 0 Å². The van der Waals surface area contributed by atoms with E-state index in [1.165, 1.54) is 6.26 Å². The molecule has 0 saturated carbocycles. The Hall–Kier alpha value is 0.220. The summed E-state index contributed by atoms with van der Waals surface area (Å²) in [5.74, 6) is 1.61. The first kappa shape index (κ1) is 16.3. The molecular weight excluding hydrogens is 270 g/mol. The van der Waals surface area contributed by atoms with Crippen molar-refractivity contribution in [2.75, 3.05) is 30.9 Å². The maximum Gasteiger partial charge on any atom is 0.164 e. The van der Waals surface area contributed by atoms with Crippen LogP contribution in [0.3, 0.4) is 0 Å². The Morgan fingerprint density at radius 2 is 2.06 bits per heavy atom. The third-order valence-corrected chi connectivity index (χ3v) is 6.06. The van der Waals surface area contributed by atoms with Crippen molar-refractivity contribution >= 4 is 21.6 Å². The number of aliphatic hydroxyl groups is 1. The molecule has 1 heterocycles. The molecule has 4 nitrogen and oxygen atoms in total. The van der Waals surface area contributed by atoms with Crippen molar-refractivity contribution in [3.8, 4) is 0 Å². The third-order valence-electron chi connectivity index (χ3n) is 3.37. The molecule has 1 N–H and O–H groups in total. The number of nitrogens with zero attached hydrogens (tertiary/aromatic N) is 1. The van der Waals surface area contributed by atoms with Gasteiger partial charge >= 0.3 is 0 Å². The summed E-state index contributed by atoms with van der Waals surface area (Å²) in [6.45, 7) is 7.43. The van der Waals surface area contributed by atoms with Crippen molar-refractivity contribution in [2.45, 2.75) is 38.7 Å². The zero-order valence-electron chi connectivity index (χ0n) is 11.7. The van der Waals surface area contributed by atoms with Gasteiger partial charge in [0.1, 0.15) is 5.37 Å². The van der Waals surface area contributed by atoms with Crippen LogP contribution < -0.4 is 0 Å². The largest absolute Gasteiger partial charge is 0.393 e. The van der Waals surface area contributed by atoms with Crippen molar-refractivity contribution in [2.24, 2.45) is 5.41 Å². The van der Waals surface area contributed by atoms with E-state index in [0.29, 0.717) is 18.7 Å². The average molecular weight is 295 g/mol. The summed E-state index contributed by atoms with van der Waals surface area (Å²) in [7, 11) is -3.03. The van der Waals surface area contributed by atoms with Crippen molar-refractivity contribution in [1.29, 1.82) is 0 Å². The molecule has 1 fully saturated rings. The molecule has 0 aromatic rings. The first-order chi connectivity index (χ1) is 8.12. The third kappa shape index (κ3) is 4.72. The summed E-state index contributed by atoms with van der Waals surface area (Å²) in [6.07, 6.45) is 1.53. The van der Waals surface area contributed by atoms with Gasteiger partial charge in [0, 0.05) is 30.9 Å². The van der Waals surface area contributed by atoms with Crippen LogP contribution in [0.1, 0.15) is 27.2 Å². The molecule has 6 heteroatoms. The van der Waals surface area contributed by atoms with Gasteiger partial charge in [-0.25, -0.2) is 8.42 Å². The standard InChI is InChI=1S/C12H25NO3S2/c1-12(2,3)10(14)5-6-13-7-8-17-9-11(13)18(4,15)16/h10-11,14H,5-9H2,1-4H3. The fourth-order valence-electron chi connectivity index (χ4n) is 1.99. The van der Waals surface area contributed by atoms with Crippen LogP contribution in [-0.2, 0) is 9.84 Å². The summed E-state index contributed by atoms with van der Waals surface area (Å²) in [5, 5.41) is 9.64. The highest BCUT2D eigenvalue weighted by atomic mass is 32.2. The van der Waals surface area contributed by atoms with E-state index in [2.05, 4.69) is 0 Å². The number of hydrogen-bond acceptors (Lipinski definition) is 5. The molecule has 2 atom stereocenters. The summed E-state index contributed by atoms with van der Waals surface area (Å²) in [4.78, 5) is 2.00. The molecule has 1 aliphatic rings. The van der Waals surface area contributed by atoms with Gasteiger partial charge in [0.05, 0.1) is 6.10 Å². The highest BCUT2D eigenvalue weighted by Gasteiger charge is 2.32. The Morgan fingerprint density at radius 1 is 1.44 bits per heavy atom. The molecule has 0 aromatic carbocycles. The van der Waals surface area contributed by atoms with Crippen molar-refractivity contribution in [3.63, 3.8) is 0 Å². The summed E-state index contributed by atoms with van der Waals surface area (Å²) >= 11 is 1.69. The van der Waals surface area contributed by atoms with E-state index in [1.54, 1.807) is 11.8 Å². The predicted octanol–water partition coefficient (Wildman–Crippen LogP) is 1.20. The van der Waals surface area contributed by atoms with Crippen LogP contribution in [-0.4, -0.2) is 60.8 Å². The average Bonchev–Trinajstić information content (AvgIpc) is 2.23. The lowest BCUT2D eigenvalue weighted by Gasteiger charge is -2.35. The van der Waals surface area contributed by atoms with Gasteiger partial charge in [-0.1, -0.05) is 20.8 Å². The first-order valence-electron chi connectivity index (χ1n) is 6.31. The second-order valence-corrected chi connectivity index (χ2v) is 9.42. The monoisotopic (exact) mass is 295 g/mol. The van der Waals surface area contributed by atoms with Crippen LogP contribution in [0.5, 0.6) is 0 Å². The predicted molar refractivity (Wildman–Crippen MR) is 77.6 cm³/mol. The summed E-state index contributed by atoms with van der Waals surface area (Å²) in [6, 6.07) is 0. The van der Waals surface area contributed by atoms with E-state index >= 15 is 0 Å². The SMILES string of the molecule is CC(C)(C)C(O)CCN1CCSCC1S(C)(=O)=O. The molecule has 0 spiro atoms. The van der Waals surface area contributed by atoms with E-state index < -0.39 is 15.9 Å². The van der Waals surface area contributed by atoms with Gasteiger partial charge < -0.3 is 5.11 Å². The van der Waals surface area contributed by atoms with Gasteiger partial charge in [0.2, 0.25) is 0 Å². The number of sulfone groups is 1. The van der Waals surface area contributed by atoms with Gasteiger partial charge in [-0.05, 0) is 11.8 Å². The molecule has 1 saturated heterocycles. The highest BCUT2D eigenvalue weighted by Crippen LogP contribution is 2.24. The number of thioether (sulfide) groups is 1. The highest BCUT2D eigenvalue weighted by molar-refractivity contribution is 8.00. The topological polar surface area (TPSA) is 57.6 Å². The Kier molecular flexibility index (Phi) is 5.53. The van der Waals surface area contributed by atoms with E-state index in [1.807, 2.05) is 25.7 Å². The van der Waals surface area contributed by atoms with Crippen LogP contribution in [0.25, 0.3) is 0 Å². The van der Waals surface area contributed by atoms with Crippen LogP contribution in [0, 0.1) is 5.41 Å². The van der Waals surface area contributed by atoms with Crippen LogP contribution in [0.15, 0.2) is 0 Å². The normalized spacial score (nSPS) is 25.1. The minimum absolute atomic E-state index is 0.148. The van der Waals surface area contributed by atoms with E-state index in [-0.39, 0.29) is 10.8 Å². The molecule has 0 aliphatic carbocycles. The van der Waals surface area contributed by atoms with Crippen molar-refractivity contribution in [3.05, 3.63) is 0 Å². The van der Waals surface area contributed by atoms with Gasteiger partial charge in [0.15, 0.2) is 9.84 Å². The van der Waals surface area contributed by atoms with Crippen LogP contribution >= 0.6 is 11.8 Å². The molecule has 0 amide bonds. The number of aliphatic hydroxyl groups excluding tert-OH is 1. The Morgan fingerprint density at radius 3 is 2.56 bits per heavy atom. The zero-order valence-corrected chi connectivity index (χ0v) is 13.4. The zero-order chi connectivity index (χ0) is 14.0. The molecule has 0 radical (unpaired) electrons. The quantitative estimate of drug-likeness (QED) is 0.844. The maximum absolute atomic E-state index is 11.7. The second-order valence-electron chi connectivity index (χ2n) is 6.07. The molecule has 18 heavy (non-hydrogen) atoms. The molecule has 0 aromatic heterocycles. The van der Waals surface area contributed by atoms with Crippen LogP contribution in [0.4, 0.5) is 0 Å². The summed E-state index contributed by atoms with van der Waals surface area (Å²) < 4.78 is 23.4. The van der Waals surface area contributed by atoms with Gasteiger partial charge in [-0.3, -0.25) is 4.90 Å². The smallest absolute Gasteiger partial charge is 0.164 e. The minimum Gasteiger partial charge on any atom is -0.393 e. The Balaban J connectivity index is 2.59. The molecule has 1 aliphatic heterocycles. The maximum atomic E-state index is 11.7. The van der Waals surface area contributed by atoms with Crippen molar-refractivity contribution in [1.82, 2.24) is 4.90 Å². The Labute approximate surface area is 115 Å². The molecule has 0 bridgehead atoms. The fraction of sp³-hybridized carbons (Fsp3) is 1.00. The number of hydrogen-bond donors (Lipinski definition) is 1. The van der Waals surface area contributed by atoms with E-state index in [0.717, 1.165) is 12.3 Å². The molecule has 1 rings (SSSR count). The molecule has 108 valence electrons. The van der Waals surface area contributed by atoms with Gasteiger partial charge in [-0.15, -0.1) is 0 Å². The lowest BCUT2D eigenvalue weighted by atomic mass is 9.87. The lowest BCUT2D eigenvalue weighted by molar-refractivity contribution is 0.0452. The number of rotatable bonds is 4. The molecule has 2 unspecified atom stereocenters. The van der Waals surface area contributed by atoms with Crippen LogP contribution in [0.2, 0.25) is 0 Å². The fourth-order valence-corrected chi connectivity index (χ4v) is 4.96. The lowest BCUT2D eigenvalue weighted by Crippen LogP contribution is -2.48. The Bertz CT molecular complexity index is 362. The van der Waals surface area contributed by atoms with E-state index in [9.17, 15) is 13.5 Å². The molecular formula is C12H25NO3S2. The second kappa shape index (κ2) is 6.11. The van der Waals surface area contributed by atoms with Crippen molar-refractivity contribution < 1.29 is 13.5 Å². The minimum atomic E-state index is -3.03.